The van der Waals surface area contributed by atoms with Gasteiger partial charge < -0.3 is 19.8 Å². The van der Waals surface area contributed by atoms with Crippen LogP contribution in [-0.4, -0.2) is 52.0 Å². The zero-order valence-electron chi connectivity index (χ0n) is 26.2. The normalized spacial score (nSPS) is 50.9. The molecule has 5 heteroatoms. The molecule has 1 amide bonds. The molecule has 2 N–H and O–H groups in total. The van der Waals surface area contributed by atoms with E-state index in [1.165, 1.54) is 25.7 Å². The molecule has 0 radical (unpaired) electrons. The number of carbonyl (C=O) groups is 1. The van der Waals surface area contributed by atoms with E-state index in [4.69, 9.17) is 4.74 Å². The Balaban J connectivity index is 1.16. The van der Waals surface area contributed by atoms with Crippen molar-refractivity contribution in [2.45, 2.75) is 124 Å². The van der Waals surface area contributed by atoms with E-state index in [0.29, 0.717) is 47.6 Å². The van der Waals surface area contributed by atoms with Gasteiger partial charge in [-0.1, -0.05) is 65.0 Å². The number of aliphatic hydroxyl groups excluding tert-OH is 2. The van der Waals surface area contributed by atoms with Crippen LogP contribution >= 0.6 is 0 Å². The molecule has 2 unspecified atom stereocenters. The molecule has 41 heavy (non-hydrogen) atoms. The van der Waals surface area contributed by atoms with Gasteiger partial charge >= 0.3 is 0 Å². The Morgan fingerprint density at radius 2 is 1.66 bits per heavy atom. The highest BCUT2D eigenvalue weighted by Gasteiger charge is 2.84. The van der Waals surface area contributed by atoms with Gasteiger partial charge in [-0.3, -0.25) is 4.79 Å². The number of carbonyl (C=O) groups excluding carboxylic acids is 1. The van der Waals surface area contributed by atoms with Gasteiger partial charge in [-0.15, -0.1) is 0 Å². The maximum absolute atomic E-state index is 12.7. The monoisotopic (exact) mass is 563 g/mol. The minimum absolute atomic E-state index is 0.0240. The van der Waals surface area contributed by atoms with Crippen molar-refractivity contribution in [2.24, 2.45) is 50.7 Å². The summed E-state index contributed by atoms with van der Waals surface area (Å²) in [5.74, 6) is 1.95. The highest BCUT2D eigenvalue weighted by atomic mass is 16.5. The summed E-state index contributed by atoms with van der Waals surface area (Å²) in [6, 6.07) is 10.2. The van der Waals surface area contributed by atoms with Gasteiger partial charge in [0.15, 0.2) is 0 Å². The van der Waals surface area contributed by atoms with E-state index in [1.54, 1.807) is 6.92 Å². The zero-order valence-corrected chi connectivity index (χ0v) is 26.2. The molecule has 5 aliphatic carbocycles. The minimum atomic E-state index is -0.485. The van der Waals surface area contributed by atoms with Gasteiger partial charge in [0.2, 0.25) is 5.91 Å². The van der Waals surface area contributed by atoms with E-state index in [-0.39, 0.29) is 40.5 Å². The molecule has 5 nitrogen and oxygen atoms in total. The maximum Gasteiger partial charge on any atom is 0.219 e. The number of rotatable bonds is 4. The second kappa shape index (κ2) is 9.05. The topological polar surface area (TPSA) is 70.0 Å². The predicted molar refractivity (Wildman–Crippen MR) is 160 cm³/mol. The van der Waals surface area contributed by atoms with Crippen molar-refractivity contribution >= 4 is 5.91 Å². The van der Waals surface area contributed by atoms with E-state index in [1.807, 2.05) is 23.1 Å². The van der Waals surface area contributed by atoms with Crippen molar-refractivity contribution in [3.8, 4) is 0 Å². The fourth-order valence-electron chi connectivity index (χ4n) is 12.9. The van der Waals surface area contributed by atoms with Crippen LogP contribution in [0.3, 0.4) is 0 Å². The summed E-state index contributed by atoms with van der Waals surface area (Å²) in [6.07, 6.45) is 8.19. The Labute approximate surface area is 247 Å². The summed E-state index contributed by atoms with van der Waals surface area (Å²) in [6.45, 7) is 14.8. The van der Waals surface area contributed by atoms with E-state index in [2.05, 4.69) is 46.8 Å². The molecule has 7 rings (SSSR count). The van der Waals surface area contributed by atoms with Crippen molar-refractivity contribution in [1.29, 1.82) is 0 Å². The lowest BCUT2D eigenvalue weighted by Crippen LogP contribution is -2.59. The minimum Gasteiger partial charge on any atom is -0.393 e. The molecule has 6 aliphatic rings. The number of hydrogen-bond acceptors (Lipinski definition) is 4. The summed E-state index contributed by atoms with van der Waals surface area (Å²) in [7, 11) is 0. The molecule has 0 aromatic heterocycles. The smallest absolute Gasteiger partial charge is 0.219 e. The molecule has 1 saturated heterocycles. The molecule has 12 atom stereocenters. The molecule has 5 saturated carbocycles. The first-order chi connectivity index (χ1) is 19.3. The Bertz CT molecular complexity index is 1200. The number of benzene rings is 1. The zero-order chi connectivity index (χ0) is 29.2. The molecule has 0 bridgehead atoms. The van der Waals surface area contributed by atoms with Gasteiger partial charge in [-0.2, -0.15) is 0 Å². The number of aliphatic hydroxyl groups is 2. The van der Waals surface area contributed by atoms with E-state index < -0.39 is 6.10 Å². The molecule has 1 heterocycles. The van der Waals surface area contributed by atoms with Crippen molar-refractivity contribution in [1.82, 2.24) is 4.90 Å². The fourth-order valence-corrected chi connectivity index (χ4v) is 12.9. The molecule has 1 aromatic carbocycles. The lowest BCUT2D eigenvalue weighted by atomic mass is 9.41. The summed E-state index contributed by atoms with van der Waals surface area (Å²) >= 11 is 0. The van der Waals surface area contributed by atoms with Gasteiger partial charge in [0.05, 0.1) is 24.4 Å². The fraction of sp³-hybridized carbons (Fsp3) is 0.806. The summed E-state index contributed by atoms with van der Waals surface area (Å²) in [5.41, 5.74) is 1.65. The highest BCUT2D eigenvalue weighted by Crippen LogP contribution is 2.89. The van der Waals surface area contributed by atoms with Crippen LogP contribution in [-0.2, 0) is 16.1 Å². The Kier molecular flexibility index (Phi) is 6.26. The third kappa shape index (κ3) is 3.55. The maximum atomic E-state index is 12.7. The van der Waals surface area contributed by atoms with Crippen molar-refractivity contribution in [3.05, 3.63) is 35.9 Å². The van der Waals surface area contributed by atoms with E-state index in [0.717, 1.165) is 31.2 Å². The van der Waals surface area contributed by atoms with Gasteiger partial charge in [0.25, 0.3) is 0 Å². The van der Waals surface area contributed by atoms with Gasteiger partial charge in [-0.25, -0.2) is 0 Å². The average Bonchev–Trinajstić information content (AvgIpc) is 3.56. The van der Waals surface area contributed by atoms with Crippen molar-refractivity contribution in [2.75, 3.05) is 6.54 Å². The van der Waals surface area contributed by atoms with Crippen LogP contribution in [0.2, 0.25) is 0 Å². The van der Waals surface area contributed by atoms with Crippen LogP contribution in [0.5, 0.6) is 0 Å². The first kappa shape index (κ1) is 28.3. The Morgan fingerprint density at radius 1 is 0.976 bits per heavy atom. The molecule has 1 aliphatic heterocycles. The number of fused-ring (bicyclic) bond motifs is 4. The summed E-state index contributed by atoms with van der Waals surface area (Å²) < 4.78 is 6.94. The SMILES string of the molecule is CC(=O)N(Cc1ccccc1)C[C@H]1C[C@@H](C)[C@H]2[C@H](O1)[C@H](O)[C@@]1(C)C3CCC4C(C)(C)[C@@H](O)CC[C@@]45C[C@@]35CC[C@]21C. The van der Waals surface area contributed by atoms with Crippen LogP contribution < -0.4 is 0 Å². The first-order valence-corrected chi connectivity index (χ1v) is 16.6. The lowest BCUT2D eigenvalue weighted by molar-refractivity contribution is -0.182. The second-order valence-corrected chi connectivity index (χ2v) is 16.5. The summed E-state index contributed by atoms with van der Waals surface area (Å²) in [4.78, 5) is 14.6. The molecular formula is C36H53NO4. The third-order valence-corrected chi connectivity index (χ3v) is 14.9. The van der Waals surface area contributed by atoms with Crippen LogP contribution in [0.15, 0.2) is 30.3 Å². The summed E-state index contributed by atoms with van der Waals surface area (Å²) in [5, 5.41) is 23.4. The molecule has 6 fully saturated rings. The molecule has 1 aromatic rings. The van der Waals surface area contributed by atoms with Gasteiger partial charge in [0.1, 0.15) is 0 Å². The quantitative estimate of drug-likeness (QED) is 0.457. The van der Waals surface area contributed by atoms with Crippen molar-refractivity contribution < 1.29 is 19.7 Å². The number of amides is 1. The lowest BCUT2D eigenvalue weighted by Gasteiger charge is -2.63. The standard InChI is InChI=1S/C36H53NO4/c1-22-18-25(20-37(23(2)38)19-24-10-8-7-9-11-24)41-30-29(22)33(5)16-17-36-21-35(36)15-14-28(39)32(3,4)26(35)12-13-27(36)34(33,6)31(30)40/h7-11,22,25-31,39-40H,12-21H2,1-6H3/t22-,25-,26?,27?,28+,29+,30+,31+,33-,34-,35-,36+/m1/s1. The van der Waals surface area contributed by atoms with Crippen LogP contribution in [0.4, 0.5) is 0 Å². The molecule has 2 spiro atoms. The Morgan fingerprint density at radius 3 is 2.37 bits per heavy atom. The Hall–Kier alpha value is -1.43. The predicted octanol–water partition coefficient (Wildman–Crippen LogP) is 6.21. The number of ether oxygens (including phenoxy) is 1. The van der Waals surface area contributed by atoms with E-state index in [9.17, 15) is 15.0 Å². The molecular weight excluding hydrogens is 510 g/mol. The van der Waals surface area contributed by atoms with Crippen molar-refractivity contribution in [3.63, 3.8) is 0 Å². The van der Waals surface area contributed by atoms with Gasteiger partial charge in [0, 0.05) is 25.4 Å². The number of hydrogen-bond donors (Lipinski definition) is 2. The second-order valence-electron chi connectivity index (χ2n) is 16.5. The van der Waals surface area contributed by atoms with Crippen LogP contribution in [0, 0.1) is 50.7 Å². The average molecular weight is 564 g/mol. The van der Waals surface area contributed by atoms with E-state index >= 15 is 0 Å². The van der Waals surface area contributed by atoms with Crippen LogP contribution in [0.25, 0.3) is 0 Å². The van der Waals surface area contributed by atoms with Gasteiger partial charge in [-0.05, 0) is 102 Å². The molecule has 226 valence electrons. The number of nitrogens with zero attached hydrogens (tertiary/aromatic N) is 1. The largest absolute Gasteiger partial charge is 0.393 e. The highest BCUT2D eigenvalue weighted by molar-refractivity contribution is 5.73. The first-order valence-electron chi connectivity index (χ1n) is 16.6. The third-order valence-electron chi connectivity index (χ3n) is 14.9. The van der Waals surface area contributed by atoms with Crippen LogP contribution in [0.1, 0.15) is 98.5 Å².